The number of rotatable bonds is 13. The van der Waals surface area contributed by atoms with Crippen LogP contribution in [-0.2, 0) is 26.2 Å². The zero-order chi connectivity index (χ0) is 32.7. The zero-order valence-corrected chi connectivity index (χ0v) is 28.5. The molecule has 1 unspecified atom stereocenters. The van der Waals surface area contributed by atoms with Crippen LogP contribution in [0.4, 0.5) is 5.69 Å². The molecule has 3 aromatic carbocycles. The largest absolute Gasteiger partial charge is 0.494 e. The molecule has 0 fully saturated rings. The van der Waals surface area contributed by atoms with E-state index in [1.807, 2.05) is 52.0 Å². The van der Waals surface area contributed by atoms with Crippen molar-refractivity contribution in [2.75, 3.05) is 31.7 Å². The van der Waals surface area contributed by atoms with E-state index in [1.54, 1.807) is 31.2 Å². The molecule has 0 aliphatic rings. The molecule has 0 aliphatic heterocycles. The maximum atomic E-state index is 14.2. The normalized spacial score (nSPS) is 12.2. The first-order chi connectivity index (χ1) is 20.7. The molecule has 1 N–H and O–H groups in total. The molecule has 0 saturated heterocycles. The smallest absolute Gasteiger partial charge is 0.264 e. The van der Waals surface area contributed by atoms with Gasteiger partial charge < -0.3 is 24.4 Å². The number of ether oxygens (including phenoxy) is 3. The van der Waals surface area contributed by atoms with E-state index in [-0.39, 0.29) is 28.8 Å². The van der Waals surface area contributed by atoms with Gasteiger partial charge in [-0.15, -0.1) is 0 Å². The Morgan fingerprint density at radius 2 is 1.61 bits per heavy atom. The molecule has 0 spiro atoms. The van der Waals surface area contributed by atoms with Crippen molar-refractivity contribution in [1.82, 2.24) is 10.2 Å². The number of amides is 2. The van der Waals surface area contributed by atoms with Gasteiger partial charge in [0.1, 0.15) is 18.3 Å². The molecule has 3 aromatic rings. The average Bonchev–Trinajstić information content (AvgIpc) is 2.97. The van der Waals surface area contributed by atoms with E-state index in [1.165, 1.54) is 37.3 Å². The van der Waals surface area contributed by atoms with Crippen molar-refractivity contribution < 1.29 is 32.2 Å². The van der Waals surface area contributed by atoms with E-state index < -0.39 is 34.1 Å². The molecule has 10 nitrogen and oxygen atoms in total. The number of nitrogens with one attached hydrogen (secondary N) is 1. The van der Waals surface area contributed by atoms with Crippen LogP contribution >= 0.6 is 15.9 Å². The minimum absolute atomic E-state index is 0.0739. The third-order valence-electron chi connectivity index (χ3n) is 6.57. The van der Waals surface area contributed by atoms with Crippen molar-refractivity contribution >= 4 is 43.5 Å². The Hall–Kier alpha value is -3.77. The van der Waals surface area contributed by atoms with E-state index in [0.29, 0.717) is 18.1 Å². The number of anilines is 1. The molecular weight excluding hydrogens is 650 g/mol. The lowest BCUT2D eigenvalue weighted by Crippen LogP contribution is -2.54. The summed E-state index contributed by atoms with van der Waals surface area (Å²) < 4.78 is 46.4. The summed E-state index contributed by atoms with van der Waals surface area (Å²) in [7, 11) is -1.46. The van der Waals surface area contributed by atoms with Gasteiger partial charge in [-0.2, -0.15) is 0 Å². The summed E-state index contributed by atoms with van der Waals surface area (Å²) in [6.07, 6.45) is 0. The van der Waals surface area contributed by atoms with Gasteiger partial charge in [0.2, 0.25) is 11.8 Å². The van der Waals surface area contributed by atoms with Crippen LogP contribution in [0.15, 0.2) is 76.1 Å². The molecule has 12 heteroatoms. The van der Waals surface area contributed by atoms with Gasteiger partial charge >= 0.3 is 0 Å². The molecule has 2 amide bonds. The van der Waals surface area contributed by atoms with E-state index in [9.17, 15) is 18.0 Å². The molecule has 0 aliphatic carbocycles. The summed E-state index contributed by atoms with van der Waals surface area (Å²) >= 11 is 3.46. The summed E-state index contributed by atoms with van der Waals surface area (Å²) in [4.78, 5) is 28.7. The van der Waals surface area contributed by atoms with Crippen molar-refractivity contribution in [2.45, 2.75) is 57.6 Å². The highest BCUT2D eigenvalue weighted by molar-refractivity contribution is 9.10. The van der Waals surface area contributed by atoms with Gasteiger partial charge in [-0.1, -0.05) is 28.1 Å². The van der Waals surface area contributed by atoms with Gasteiger partial charge in [0, 0.05) is 22.6 Å². The van der Waals surface area contributed by atoms with Crippen LogP contribution in [0, 0.1) is 0 Å². The number of hydrogen-bond donors (Lipinski definition) is 1. The maximum Gasteiger partial charge on any atom is 0.264 e. The monoisotopic (exact) mass is 689 g/mol. The average molecular weight is 691 g/mol. The fraction of sp³-hybridized carbons (Fsp3) is 0.375. The molecule has 0 saturated carbocycles. The highest BCUT2D eigenvalue weighted by Gasteiger charge is 2.34. The highest BCUT2D eigenvalue weighted by atomic mass is 79.9. The predicted octanol–water partition coefficient (Wildman–Crippen LogP) is 5.39. The lowest BCUT2D eigenvalue weighted by Gasteiger charge is -2.33. The van der Waals surface area contributed by atoms with E-state index in [0.717, 1.165) is 14.3 Å². The SMILES string of the molecule is CCOc1ccc(N(CC(=O)N(Cc2cccc(Br)c2)C(C)C(=O)NC(C)(C)C)S(=O)(=O)c2ccc(OC)c(OC)c2)cc1. The van der Waals surface area contributed by atoms with Crippen molar-refractivity contribution in [3.8, 4) is 17.2 Å². The Kier molecular flexibility index (Phi) is 11.7. The number of carbonyl (C=O) groups is 2. The van der Waals surface area contributed by atoms with Crippen LogP contribution in [0.3, 0.4) is 0 Å². The molecule has 0 radical (unpaired) electrons. The number of nitrogens with zero attached hydrogens (tertiary/aromatic N) is 2. The number of sulfonamides is 1. The summed E-state index contributed by atoms with van der Waals surface area (Å²) in [5, 5.41) is 2.92. The lowest BCUT2D eigenvalue weighted by atomic mass is 10.1. The van der Waals surface area contributed by atoms with Crippen molar-refractivity contribution in [3.05, 3.63) is 76.8 Å². The van der Waals surface area contributed by atoms with Gasteiger partial charge in [-0.25, -0.2) is 8.42 Å². The van der Waals surface area contributed by atoms with E-state index in [2.05, 4.69) is 21.2 Å². The standard InChI is InChI=1S/C32H40BrN3O7S/c1-8-43-26-14-12-25(13-15-26)36(44(39,40)27-16-17-28(41-6)29(19-27)42-7)21-30(37)35(20-23-10-9-11-24(33)18-23)22(2)31(38)34-32(3,4)5/h9-19,22H,8,20-21H2,1-7H3,(H,34,38). The fourth-order valence-electron chi connectivity index (χ4n) is 4.40. The van der Waals surface area contributed by atoms with Crippen LogP contribution < -0.4 is 23.8 Å². The van der Waals surface area contributed by atoms with Crippen molar-refractivity contribution in [2.24, 2.45) is 0 Å². The Morgan fingerprint density at radius 1 is 0.955 bits per heavy atom. The molecule has 0 bridgehead atoms. The van der Waals surface area contributed by atoms with Gasteiger partial charge in [-0.05, 0) is 88.7 Å². The third kappa shape index (κ3) is 8.88. The van der Waals surface area contributed by atoms with Crippen LogP contribution in [0.1, 0.15) is 40.2 Å². The summed E-state index contributed by atoms with van der Waals surface area (Å²) in [6.45, 7) is 8.95. The molecule has 3 rings (SSSR count). The first kappa shape index (κ1) is 34.7. The quantitative estimate of drug-likeness (QED) is 0.256. The molecule has 1 atom stereocenters. The minimum Gasteiger partial charge on any atom is -0.494 e. The summed E-state index contributed by atoms with van der Waals surface area (Å²) in [5.41, 5.74) is 0.463. The molecule has 44 heavy (non-hydrogen) atoms. The van der Waals surface area contributed by atoms with Crippen LogP contribution in [0.5, 0.6) is 17.2 Å². The maximum absolute atomic E-state index is 14.2. The summed E-state index contributed by atoms with van der Waals surface area (Å²) in [6, 6.07) is 17.1. The van der Waals surface area contributed by atoms with Crippen LogP contribution in [0.2, 0.25) is 0 Å². The van der Waals surface area contributed by atoms with E-state index >= 15 is 0 Å². The number of benzene rings is 3. The highest BCUT2D eigenvalue weighted by Crippen LogP contribution is 2.33. The van der Waals surface area contributed by atoms with Crippen LogP contribution in [0.25, 0.3) is 0 Å². The lowest BCUT2D eigenvalue weighted by molar-refractivity contribution is -0.140. The first-order valence-electron chi connectivity index (χ1n) is 14.0. The second kappa shape index (κ2) is 14.8. The minimum atomic E-state index is -4.32. The Morgan fingerprint density at radius 3 is 2.18 bits per heavy atom. The van der Waals surface area contributed by atoms with Gasteiger partial charge in [-0.3, -0.25) is 13.9 Å². The number of hydrogen-bond acceptors (Lipinski definition) is 7. The zero-order valence-electron chi connectivity index (χ0n) is 26.1. The molecule has 0 aromatic heterocycles. The molecule has 238 valence electrons. The molecular formula is C32H40BrN3O7S. The second-order valence-electron chi connectivity index (χ2n) is 11.0. The Bertz CT molecular complexity index is 1560. The van der Waals surface area contributed by atoms with Crippen molar-refractivity contribution in [1.29, 1.82) is 0 Å². The Balaban J connectivity index is 2.09. The van der Waals surface area contributed by atoms with E-state index in [4.69, 9.17) is 14.2 Å². The summed E-state index contributed by atoms with van der Waals surface area (Å²) in [5.74, 6) is 0.190. The predicted molar refractivity (Wildman–Crippen MR) is 174 cm³/mol. The van der Waals surface area contributed by atoms with Gasteiger partial charge in [0.15, 0.2) is 11.5 Å². The first-order valence-corrected chi connectivity index (χ1v) is 16.3. The Labute approximate surface area is 268 Å². The number of carbonyl (C=O) groups excluding carboxylic acids is 2. The second-order valence-corrected chi connectivity index (χ2v) is 13.8. The fourth-order valence-corrected chi connectivity index (χ4v) is 6.27. The topological polar surface area (TPSA) is 114 Å². The third-order valence-corrected chi connectivity index (χ3v) is 8.83. The number of methoxy groups -OCH3 is 2. The van der Waals surface area contributed by atoms with Gasteiger partial charge in [0.25, 0.3) is 10.0 Å². The van der Waals surface area contributed by atoms with Gasteiger partial charge in [0.05, 0.1) is 31.4 Å². The molecule has 0 heterocycles. The number of halogens is 1. The van der Waals surface area contributed by atoms with Crippen molar-refractivity contribution in [3.63, 3.8) is 0 Å². The van der Waals surface area contributed by atoms with Crippen LogP contribution in [-0.4, -0.2) is 64.1 Å².